The predicted octanol–water partition coefficient (Wildman–Crippen LogP) is 3.39. The van der Waals surface area contributed by atoms with Crippen molar-refractivity contribution in [2.45, 2.75) is 6.92 Å². The van der Waals surface area contributed by atoms with Crippen LogP contribution in [0.15, 0.2) is 24.3 Å². The Balaban J connectivity index is 2.04. The zero-order valence-corrected chi connectivity index (χ0v) is 11.8. The second-order valence-electron chi connectivity index (χ2n) is 3.74. The van der Waals surface area contributed by atoms with Gasteiger partial charge >= 0.3 is 5.97 Å². The Labute approximate surface area is 114 Å². The number of carbonyl (C=O) groups excluding carboxylic acids is 1. The third kappa shape index (κ3) is 3.17. The minimum absolute atomic E-state index is 0.244. The molecule has 0 aliphatic heterocycles. The fourth-order valence-corrected chi connectivity index (χ4v) is 3.00. The minimum Gasteiger partial charge on any atom is -0.461 e. The van der Waals surface area contributed by atoms with Gasteiger partial charge < -0.3 is 10.5 Å². The Kier molecular flexibility index (Phi) is 4.49. The second kappa shape index (κ2) is 6.11. The minimum atomic E-state index is -0.244. The molecule has 1 aromatic heterocycles. The fourth-order valence-electron chi connectivity index (χ4n) is 1.57. The highest BCUT2D eigenvalue weighted by Crippen LogP contribution is 2.27. The van der Waals surface area contributed by atoms with Crippen molar-refractivity contribution in [2.24, 2.45) is 0 Å². The third-order valence-electron chi connectivity index (χ3n) is 2.41. The third-order valence-corrected chi connectivity index (χ3v) is 4.37. The van der Waals surface area contributed by atoms with Gasteiger partial charge in [-0.2, -0.15) is 11.8 Å². The van der Waals surface area contributed by atoms with Gasteiger partial charge in [-0.3, -0.25) is 0 Å². The van der Waals surface area contributed by atoms with E-state index in [1.165, 1.54) is 11.3 Å². The molecular weight excluding hydrogens is 266 g/mol. The van der Waals surface area contributed by atoms with Crippen molar-refractivity contribution >= 4 is 44.8 Å². The highest BCUT2D eigenvalue weighted by atomic mass is 32.2. The fraction of sp³-hybridized carbons (Fsp3) is 0.308. The van der Waals surface area contributed by atoms with Crippen LogP contribution in [0.25, 0.3) is 10.1 Å². The number of thiophene rings is 1. The van der Waals surface area contributed by atoms with Gasteiger partial charge in [0.25, 0.3) is 0 Å². The molecule has 96 valence electrons. The molecule has 0 unspecified atom stereocenters. The number of esters is 1. The zero-order valence-electron chi connectivity index (χ0n) is 10.1. The van der Waals surface area contributed by atoms with E-state index in [9.17, 15) is 4.79 Å². The maximum atomic E-state index is 11.8. The quantitative estimate of drug-likeness (QED) is 0.518. The van der Waals surface area contributed by atoms with Crippen LogP contribution >= 0.6 is 23.1 Å². The molecule has 0 bridgehead atoms. The largest absolute Gasteiger partial charge is 0.461 e. The molecule has 0 amide bonds. The van der Waals surface area contributed by atoms with Crippen LogP contribution in [0.5, 0.6) is 0 Å². The molecule has 2 rings (SSSR count). The molecule has 18 heavy (non-hydrogen) atoms. The number of carbonyl (C=O) groups is 1. The number of hydrogen-bond donors (Lipinski definition) is 1. The van der Waals surface area contributed by atoms with Gasteiger partial charge in [-0.1, -0.05) is 6.92 Å². The Morgan fingerprint density at radius 3 is 3.06 bits per heavy atom. The number of thioether (sulfide) groups is 1. The molecule has 0 saturated heterocycles. The number of fused-ring (bicyclic) bond motifs is 1. The van der Waals surface area contributed by atoms with Crippen LogP contribution in [0, 0.1) is 0 Å². The average Bonchev–Trinajstić information content (AvgIpc) is 2.77. The van der Waals surface area contributed by atoms with Crippen molar-refractivity contribution in [1.29, 1.82) is 0 Å². The van der Waals surface area contributed by atoms with Gasteiger partial charge in [0, 0.05) is 16.1 Å². The molecular formula is C13H15NO2S2. The lowest BCUT2D eigenvalue weighted by molar-refractivity contribution is 0.0536. The van der Waals surface area contributed by atoms with E-state index in [2.05, 4.69) is 6.92 Å². The summed E-state index contributed by atoms with van der Waals surface area (Å²) in [5.41, 5.74) is 6.42. The van der Waals surface area contributed by atoms with Crippen LogP contribution in [0.3, 0.4) is 0 Å². The Morgan fingerprint density at radius 2 is 2.28 bits per heavy atom. The molecule has 2 N–H and O–H groups in total. The molecule has 1 heterocycles. The summed E-state index contributed by atoms with van der Waals surface area (Å²) in [6, 6.07) is 7.48. The van der Waals surface area contributed by atoms with E-state index in [1.54, 1.807) is 11.8 Å². The van der Waals surface area contributed by atoms with Crippen LogP contribution in [-0.4, -0.2) is 24.1 Å². The van der Waals surface area contributed by atoms with Crippen molar-refractivity contribution in [1.82, 2.24) is 0 Å². The molecule has 0 atom stereocenters. The molecule has 0 aliphatic carbocycles. The Hall–Kier alpha value is -1.20. The molecule has 0 spiro atoms. The van der Waals surface area contributed by atoms with Gasteiger partial charge in [0.2, 0.25) is 0 Å². The van der Waals surface area contributed by atoms with E-state index >= 15 is 0 Å². The molecule has 3 nitrogen and oxygen atoms in total. The molecule has 2 aromatic rings. The average molecular weight is 281 g/mol. The smallest absolute Gasteiger partial charge is 0.348 e. The summed E-state index contributed by atoms with van der Waals surface area (Å²) >= 11 is 3.20. The highest BCUT2D eigenvalue weighted by molar-refractivity contribution is 7.99. The predicted molar refractivity (Wildman–Crippen MR) is 79.5 cm³/mol. The maximum absolute atomic E-state index is 11.8. The van der Waals surface area contributed by atoms with E-state index in [0.717, 1.165) is 21.6 Å². The van der Waals surface area contributed by atoms with Crippen LogP contribution in [-0.2, 0) is 4.74 Å². The molecule has 5 heteroatoms. The van der Waals surface area contributed by atoms with Crippen molar-refractivity contribution < 1.29 is 9.53 Å². The van der Waals surface area contributed by atoms with Crippen molar-refractivity contribution in [3.05, 3.63) is 29.1 Å². The molecule has 0 saturated carbocycles. The Morgan fingerprint density at radius 1 is 1.44 bits per heavy atom. The lowest BCUT2D eigenvalue weighted by atomic mass is 10.2. The first-order valence-corrected chi connectivity index (χ1v) is 7.71. The first-order valence-electron chi connectivity index (χ1n) is 5.74. The lowest BCUT2D eigenvalue weighted by Crippen LogP contribution is -2.06. The summed E-state index contributed by atoms with van der Waals surface area (Å²) < 4.78 is 6.26. The summed E-state index contributed by atoms with van der Waals surface area (Å²) in [4.78, 5) is 12.4. The standard InChI is InChI=1S/C13H15NO2S2/c1-2-17-6-5-16-13(15)12-8-9-7-10(14)3-4-11(9)18-12/h3-4,7-8H,2,5-6,14H2,1H3. The van der Waals surface area contributed by atoms with E-state index in [-0.39, 0.29) is 5.97 Å². The topological polar surface area (TPSA) is 52.3 Å². The maximum Gasteiger partial charge on any atom is 0.348 e. The normalized spacial score (nSPS) is 10.7. The van der Waals surface area contributed by atoms with Crippen LogP contribution in [0.2, 0.25) is 0 Å². The van der Waals surface area contributed by atoms with Crippen molar-refractivity contribution in [2.75, 3.05) is 23.8 Å². The van der Waals surface area contributed by atoms with Crippen LogP contribution in [0.1, 0.15) is 16.6 Å². The van der Waals surface area contributed by atoms with Gasteiger partial charge in [-0.05, 0) is 35.4 Å². The number of benzene rings is 1. The number of hydrogen-bond acceptors (Lipinski definition) is 5. The molecule has 1 aromatic carbocycles. The SMILES string of the molecule is CCSCCOC(=O)c1cc2cc(N)ccc2s1. The molecule has 0 fully saturated rings. The summed E-state index contributed by atoms with van der Waals surface area (Å²) in [6.45, 7) is 2.55. The molecule has 0 radical (unpaired) electrons. The monoisotopic (exact) mass is 281 g/mol. The van der Waals surface area contributed by atoms with Crippen LogP contribution in [0.4, 0.5) is 5.69 Å². The van der Waals surface area contributed by atoms with E-state index in [4.69, 9.17) is 10.5 Å². The van der Waals surface area contributed by atoms with E-state index in [1.807, 2.05) is 24.3 Å². The first-order chi connectivity index (χ1) is 8.70. The van der Waals surface area contributed by atoms with Crippen LogP contribution < -0.4 is 5.73 Å². The highest BCUT2D eigenvalue weighted by Gasteiger charge is 2.11. The summed E-state index contributed by atoms with van der Waals surface area (Å²) in [5.74, 6) is 1.64. The van der Waals surface area contributed by atoms with Gasteiger partial charge in [0.1, 0.15) is 11.5 Å². The number of nitrogen functional groups attached to an aromatic ring is 1. The summed E-state index contributed by atoms with van der Waals surface area (Å²) in [5, 5.41) is 0.995. The summed E-state index contributed by atoms with van der Waals surface area (Å²) in [7, 11) is 0. The van der Waals surface area contributed by atoms with Gasteiger partial charge in [-0.15, -0.1) is 11.3 Å². The van der Waals surface area contributed by atoms with Gasteiger partial charge in [-0.25, -0.2) is 4.79 Å². The van der Waals surface area contributed by atoms with Gasteiger partial charge in [0.05, 0.1) is 0 Å². The lowest BCUT2D eigenvalue weighted by Gasteiger charge is -2.01. The van der Waals surface area contributed by atoms with Crippen molar-refractivity contribution in [3.63, 3.8) is 0 Å². The molecule has 0 aliphatic rings. The summed E-state index contributed by atoms with van der Waals surface area (Å²) in [6.07, 6.45) is 0. The second-order valence-corrected chi connectivity index (χ2v) is 6.22. The zero-order chi connectivity index (χ0) is 13.0. The first kappa shape index (κ1) is 13.2. The Bertz CT molecular complexity index is 551. The number of ether oxygens (including phenoxy) is 1. The van der Waals surface area contributed by atoms with Crippen molar-refractivity contribution in [3.8, 4) is 0 Å². The van der Waals surface area contributed by atoms with E-state index < -0.39 is 0 Å². The number of rotatable bonds is 5. The van der Waals surface area contributed by atoms with E-state index in [0.29, 0.717) is 17.2 Å². The number of anilines is 1. The number of nitrogens with two attached hydrogens (primary N) is 1. The van der Waals surface area contributed by atoms with Gasteiger partial charge in [0.15, 0.2) is 0 Å².